The summed E-state index contributed by atoms with van der Waals surface area (Å²) in [4.78, 5) is 9.08. The Morgan fingerprint density at radius 1 is 0.967 bits per heavy atom. The van der Waals surface area contributed by atoms with Crippen LogP contribution in [-0.4, -0.2) is 19.6 Å². The average Bonchev–Trinajstić information content (AvgIpc) is 3.17. The Bertz CT molecular complexity index is 1340. The smallest absolute Gasteiger partial charge is 0.255 e. The van der Waals surface area contributed by atoms with Gasteiger partial charge < -0.3 is 5.32 Å². The summed E-state index contributed by atoms with van der Waals surface area (Å²) in [5, 5.41) is 11.0. The zero-order chi connectivity index (χ0) is 20.5. The molecule has 0 bridgehead atoms. The maximum atomic E-state index is 13.2. The van der Waals surface area contributed by atoms with Crippen molar-refractivity contribution in [3.8, 4) is 0 Å². The monoisotopic (exact) mass is 415 g/mol. The molecule has 0 fully saturated rings. The minimum Gasteiger partial charge on any atom is -0.340 e. The van der Waals surface area contributed by atoms with E-state index in [2.05, 4.69) is 56.8 Å². The fourth-order valence-corrected chi connectivity index (χ4v) is 4.18. The van der Waals surface area contributed by atoms with Crippen molar-refractivity contribution in [3.05, 3.63) is 89.9 Å². The number of thioether (sulfide) groups is 1. The third-order valence-electron chi connectivity index (χ3n) is 4.77. The minimum atomic E-state index is -0.274. The van der Waals surface area contributed by atoms with E-state index < -0.39 is 0 Å². The molecule has 0 amide bonds. The van der Waals surface area contributed by atoms with Crippen LogP contribution in [0.3, 0.4) is 0 Å². The number of aryl methyl sites for hydroxylation is 1. The zero-order valence-electron chi connectivity index (χ0n) is 16.2. The first kappa shape index (κ1) is 18.6. The fraction of sp³-hybridized carbons (Fsp3) is 0.0870. The van der Waals surface area contributed by atoms with Crippen molar-refractivity contribution >= 4 is 39.8 Å². The van der Waals surface area contributed by atoms with Crippen LogP contribution >= 0.6 is 11.8 Å². The van der Waals surface area contributed by atoms with Gasteiger partial charge in [0, 0.05) is 23.2 Å². The SMILES string of the molecule is Cc1cc(Nc2ccc(F)cc2)n2nc(SCc3cccc4ccccc34)nc2n1. The Morgan fingerprint density at radius 3 is 2.63 bits per heavy atom. The first-order valence-electron chi connectivity index (χ1n) is 9.52. The second kappa shape index (κ2) is 7.76. The van der Waals surface area contributed by atoms with Crippen LogP contribution < -0.4 is 5.32 Å². The lowest BCUT2D eigenvalue weighted by Crippen LogP contribution is -2.02. The van der Waals surface area contributed by atoms with Crippen LogP contribution in [0.2, 0.25) is 0 Å². The van der Waals surface area contributed by atoms with Crippen LogP contribution in [0, 0.1) is 12.7 Å². The van der Waals surface area contributed by atoms with Crippen molar-refractivity contribution in [3.63, 3.8) is 0 Å². The van der Waals surface area contributed by atoms with Crippen molar-refractivity contribution in [1.82, 2.24) is 19.6 Å². The average molecular weight is 415 g/mol. The maximum absolute atomic E-state index is 13.2. The molecule has 0 saturated heterocycles. The van der Waals surface area contributed by atoms with E-state index in [-0.39, 0.29) is 5.82 Å². The molecular formula is C23H18FN5S. The Balaban J connectivity index is 1.43. The van der Waals surface area contributed by atoms with Gasteiger partial charge in [0.1, 0.15) is 11.6 Å². The van der Waals surface area contributed by atoms with E-state index in [0.717, 1.165) is 23.0 Å². The Labute approximate surface area is 177 Å². The Morgan fingerprint density at radius 2 is 1.77 bits per heavy atom. The molecule has 5 rings (SSSR count). The van der Waals surface area contributed by atoms with Gasteiger partial charge in [-0.1, -0.05) is 54.2 Å². The molecular weight excluding hydrogens is 397 g/mol. The maximum Gasteiger partial charge on any atom is 0.255 e. The number of hydrogen-bond acceptors (Lipinski definition) is 5. The van der Waals surface area contributed by atoms with E-state index in [1.165, 1.54) is 28.5 Å². The van der Waals surface area contributed by atoms with Gasteiger partial charge in [0.15, 0.2) is 0 Å². The Kier molecular flexibility index (Phi) is 4.80. The first-order valence-corrected chi connectivity index (χ1v) is 10.5. The number of nitrogens with zero attached hydrogens (tertiary/aromatic N) is 4. The second-order valence-corrected chi connectivity index (χ2v) is 7.89. The van der Waals surface area contributed by atoms with Crippen molar-refractivity contribution in [2.24, 2.45) is 0 Å². The molecule has 2 heterocycles. The quantitative estimate of drug-likeness (QED) is 0.370. The normalized spacial score (nSPS) is 11.3. The van der Waals surface area contributed by atoms with Crippen LogP contribution in [0.1, 0.15) is 11.3 Å². The van der Waals surface area contributed by atoms with Crippen LogP contribution in [0.5, 0.6) is 0 Å². The van der Waals surface area contributed by atoms with E-state index in [1.807, 2.05) is 19.1 Å². The number of rotatable bonds is 5. The predicted molar refractivity (Wildman–Crippen MR) is 119 cm³/mol. The molecule has 0 unspecified atom stereocenters. The summed E-state index contributed by atoms with van der Waals surface area (Å²) >= 11 is 1.58. The van der Waals surface area contributed by atoms with Crippen LogP contribution in [0.15, 0.2) is 78.0 Å². The van der Waals surface area contributed by atoms with E-state index in [4.69, 9.17) is 0 Å². The summed E-state index contributed by atoms with van der Waals surface area (Å²) < 4.78 is 14.9. The summed E-state index contributed by atoms with van der Waals surface area (Å²) in [5.74, 6) is 1.75. The van der Waals surface area contributed by atoms with Crippen LogP contribution in [-0.2, 0) is 5.75 Å². The highest BCUT2D eigenvalue weighted by Gasteiger charge is 2.12. The number of nitrogens with one attached hydrogen (secondary N) is 1. The van der Waals surface area contributed by atoms with Crippen LogP contribution in [0.4, 0.5) is 15.9 Å². The zero-order valence-corrected chi connectivity index (χ0v) is 17.0. The van der Waals surface area contributed by atoms with Crippen LogP contribution in [0.25, 0.3) is 16.6 Å². The van der Waals surface area contributed by atoms with E-state index in [1.54, 1.807) is 28.4 Å². The number of fused-ring (bicyclic) bond motifs is 2. The topological polar surface area (TPSA) is 55.1 Å². The van der Waals surface area contributed by atoms with E-state index >= 15 is 0 Å². The van der Waals surface area contributed by atoms with Gasteiger partial charge in [-0.25, -0.2) is 9.37 Å². The molecule has 7 heteroatoms. The van der Waals surface area contributed by atoms with Gasteiger partial charge in [0.05, 0.1) is 0 Å². The second-order valence-electron chi connectivity index (χ2n) is 6.95. The van der Waals surface area contributed by atoms with Gasteiger partial charge >= 0.3 is 0 Å². The molecule has 0 atom stereocenters. The molecule has 0 radical (unpaired) electrons. The number of halogens is 1. The molecule has 0 spiro atoms. The molecule has 30 heavy (non-hydrogen) atoms. The van der Waals surface area contributed by atoms with Gasteiger partial charge in [-0.2, -0.15) is 9.50 Å². The van der Waals surface area contributed by atoms with Gasteiger partial charge in [-0.3, -0.25) is 0 Å². The minimum absolute atomic E-state index is 0.274. The molecule has 0 aliphatic rings. The molecule has 148 valence electrons. The summed E-state index contributed by atoms with van der Waals surface area (Å²) in [6, 6.07) is 22.8. The molecule has 3 aromatic carbocycles. The molecule has 5 nitrogen and oxygen atoms in total. The third kappa shape index (κ3) is 3.71. The summed E-state index contributed by atoms with van der Waals surface area (Å²) in [6.07, 6.45) is 0. The van der Waals surface area contributed by atoms with E-state index in [0.29, 0.717) is 10.9 Å². The Hall–Kier alpha value is -3.45. The molecule has 0 aliphatic carbocycles. The first-order chi connectivity index (χ1) is 14.7. The standard InChI is InChI=1S/C23H18FN5S/c1-15-13-21(26-19-11-9-18(24)10-12-19)29-22(25-15)27-23(28-29)30-14-17-7-4-6-16-5-2-3-8-20(16)17/h2-13,26H,14H2,1H3. The molecule has 0 saturated carbocycles. The summed E-state index contributed by atoms with van der Waals surface area (Å²) in [6.45, 7) is 1.91. The fourth-order valence-electron chi connectivity index (χ4n) is 3.36. The predicted octanol–water partition coefficient (Wildman–Crippen LogP) is 5.76. The summed E-state index contributed by atoms with van der Waals surface area (Å²) in [5.41, 5.74) is 2.83. The van der Waals surface area contributed by atoms with Crippen molar-refractivity contribution < 1.29 is 4.39 Å². The lowest BCUT2D eigenvalue weighted by atomic mass is 10.1. The molecule has 1 N–H and O–H groups in total. The van der Waals surface area contributed by atoms with Gasteiger partial charge in [0.25, 0.3) is 5.78 Å². The molecule has 0 aliphatic heterocycles. The third-order valence-corrected chi connectivity index (χ3v) is 5.66. The lowest BCUT2D eigenvalue weighted by Gasteiger charge is -2.08. The highest BCUT2D eigenvalue weighted by molar-refractivity contribution is 7.98. The molecule has 5 aromatic rings. The molecule has 2 aromatic heterocycles. The highest BCUT2D eigenvalue weighted by atomic mass is 32.2. The number of anilines is 2. The van der Waals surface area contributed by atoms with Gasteiger partial charge in [-0.05, 0) is 47.5 Å². The lowest BCUT2D eigenvalue weighted by molar-refractivity contribution is 0.628. The number of benzene rings is 3. The van der Waals surface area contributed by atoms with Crippen molar-refractivity contribution in [1.29, 1.82) is 0 Å². The number of hydrogen-bond donors (Lipinski definition) is 1. The van der Waals surface area contributed by atoms with Crippen molar-refractivity contribution in [2.75, 3.05) is 5.32 Å². The van der Waals surface area contributed by atoms with Gasteiger partial charge in [-0.15, -0.1) is 5.10 Å². The largest absolute Gasteiger partial charge is 0.340 e. The summed E-state index contributed by atoms with van der Waals surface area (Å²) in [7, 11) is 0. The van der Waals surface area contributed by atoms with E-state index in [9.17, 15) is 4.39 Å². The van der Waals surface area contributed by atoms with Crippen molar-refractivity contribution in [2.45, 2.75) is 17.8 Å². The van der Waals surface area contributed by atoms with Gasteiger partial charge in [0.2, 0.25) is 5.16 Å². The number of aromatic nitrogens is 4. The highest BCUT2D eigenvalue weighted by Crippen LogP contribution is 2.27.